The van der Waals surface area contributed by atoms with Gasteiger partial charge in [-0.15, -0.1) is 5.10 Å². The smallest absolute Gasteiger partial charge is 0.275 e. The van der Waals surface area contributed by atoms with E-state index in [4.69, 9.17) is 0 Å². The van der Waals surface area contributed by atoms with Crippen LogP contribution in [0.5, 0.6) is 0 Å². The van der Waals surface area contributed by atoms with Gasteiger partial charge in [0.05, 0.1) is 0 Å². The van der Waals surface area contributed by atoms with Crippen molar-refractivity contribution in [2.45, 2.75) is 27.3 Å². The van der Waals surface area contributed by atoms with E-state index in [-0.39, 0.29) is 18.0 Å². The zero-order chi connectivity index (χ0) is 20.5. The molecular weight excluding hydrogens is 366 g/mol. The molecule has 2 aromatic heterocycles. The van der Waals surface area contributed by atoms with Crippen molar-refractivity contribution < 1.29 is 4.79 Å². The minimum atomic E-state index is -0.279. The average molecular weight is 387 g/mol. The molecule has 0 atom stereocenters. The second-order valence-corrected chi connectivity index (χ2v) is 7.04. The van der Waals surface area contributed by atoms with Crippen LogP contribution in [0.3, 0.4) is 0 Å². The average Bonchev–Trinajstić information content (AvgIpc) is 3.15. The second-order valence-electron chi connectivity index (χ2n) is 7.04. The Bertz CT molecular complexity index is 1250. The van der Waals surface area contributed by atoms with Crippen LogP contribution in [0.2, 0.25) is 0 Å². The maximum absolute atomic E-state index is 12.8. The van der Waals surface area contributed by atoms with Gasteiger partial charge in [0.1, 0.15) is 6.54 Å². The Morgan fingerprint density at radius 3 is 2.38 bits per heavy atom. The normalized spacial score (nSPS) is 11.0. The Hall–Kier alpha value is -3.74. The van der Waals surface area contributed by atoms with Crippen molar-refractivity contribution in [2.24, 2.45) is 0 Å². The third-order valence-electron chi connectivity index (χ3n) is 4.88. The van der Waals surface area contributed by atoms with Crippen LogP contribution in [-0.4, -0.2) is 25.1 Å². The Kier molecular flexibility index (Phi) is 4.72. The van der Waals surface area contributed by atoms with Gasteiger partial charge in [-0.25, -0.2) is 0 Å². The summed E-state index contributed by atoms with van der Waals surface area (Å²) in [5.74, 6) is 0.586. The van der Waals surface area contributed by atoms with E-state index in [1.54, 1.807) is 11.5 Å². The minimum Gasteiger partial charge on any atom is -0.324 e. The van der Waals surface area contributed by atoms with E-state index >= 15 is 0 Å². The lowest BCUT2D eigenvalue weighted by atomic mass is 10.1. The summed E-state index contributed by atoms with van der Waals surface area (Å²) in [6.45, 7) is 5.72. The summed E-state index contributed by atoms with van der Waals surface area (Å²) in [5, 5.41) is 7.32. The highest BCUT2D eigenvalue weighted by Gasteiger charge is 2.16. The standard InChI is InChI=1S/C22H21N5O2/c1-14-8-7-9-15(2)20(14)23-18(28)13-26-16(3)12-19(29)27-22(26)24-21(25-27)17-10-5-4-6-11-17/h4-12H,13H2,1-3H3,(H,23,28). The first-order valence-electron chi connectivity index (χ1n) is 9.33. The molecule has 2 heterocycles. The van der Waals surface area contributed by atoms with Crippen molar-refractivity contribution in [1.29, 1.82) is 0 Å². The van der Waals surface area contributed by atoms with Gasteiger partial charge in [-0.3, -0.25) is 9.59 Å². The molecule has 29 heavy (non-hydrogen) atoms. The van der Waals surface area contributed by atoms with Crippen molar-refractivity contribution in [2.75, 3.05) is 5.32 Å². The van der Waals surface area contributed by atoms with E-state index in [1.807, 2.05) is 62.4 Å². The topological polar surface area (TPSA) is 81.3 Å². The third-order valence-corrected chi connectivity index (χ3v) is 4.88. The number of hydrogen-bond acceptors (Lipinski definition) is 4. The van der Waals surface area contributed by atoms with Gasteiger partial charge in [0.15, 0.2) is 5.82 Å². The van der Waals surface area contributed by atoms with E-state index < -0.39 is 0 Å². The molecular formula is C22H21N5O2. The molecule has 2 aromatic carbocycles. The van der Waals surface area contributed by atoms with Crippen LogP contribution in [0.1, 0.15) is 16.8 Å². The molecule has 1 N–H and O–H groups in total. The number of rotatable bonds is 4. The van der Waals surface area contributed by atoms with Crippen molar-refractivity contribution >= 4 is 17.4 Å². The van der Waals surface area contributed by atoms with E-state index in [9.17, 15) is 9.59 Å². The largest absolute Gasteiger partial charge is 0.324 e. The number of nitrogens with one attached hydrogen (secondary N) is 1. The monoisotopic (exact) mass is 387 g/mol. The van der Waals surface area contributed by atoms with Crippen molar-refractivity contribution in [3.63, 3.8) is 0 Å². The zero-order valence-electron chi connectivity index (χ0n) is 16.5. The molecule has 4 aromatic rings. The molecule has 146 valence electrons. The number of anilines is 1. The number of nitrogens with zero attached hydrogens (tertiary/aromatic N) is 4. The molecule has 0 spiro atoms. The molecule has 1 amide bonds. The molecule has 0 saturated heterocycles. The molecule has 0 unspecified atom stereocenters. The molecule has 7 nitrogen and oxygen atoms in total. The number of carbonyl (C=O) groups is 1. The highest BCUT2D eigenvalue weighted by atomic mass is 16.2. The Labute approximate surface area is 167 Å². The predicted octanol–water partition coefficient (Wildman–Crippen LogP) is 3.12. The molecule has 0 bridgehead atoms. The van der Waals surface area contributed by atoms with Crippen molar-refractivity contribution in [3.05, 3.63) is 81.8 Å². The molecule has 0 radical (unpaired) electrons. The number of fused-ring (bicyclic) bond motifs is 1. The summed E-state index contributed by atoms with van der Waals surface area (Å²) in [7, 11) is 0. The van der Waals surface area contributed by atoms with Crippen LogP contribution in [-0.2, 0) is 11.3 Å². The van der Waals surface area contributed by atoms with Crippen molar-refractivity contribution in [3.8, 4) is 11.4 Å². The number of benzene rings is 2. The number of aromatic nitrogens is 4. The highest BCUT2D eigenvalue weighted by molar-refractivity contribution is 5.92. The maximum Gasteiger partial charge on any atom is 0.275 e. The van der Waals surface area contributed by atoms with Gasteiger partial charge in [-0.1, -0.05) is 48.5 Å². The lowest BCUT2D eigenvalue weighted by Gasteiger charge is -2.14. The zero-order valence-corrected chi connectivity index (χ0v) is 16.5. The highest BCUT2D eigenvalue weighted by Crippen LogP contribution is 2.20. The SMILES string of the molecule is Cc1cccc(C)c1NC(=O)Cn1c(C)cc(=O)n2nc(-c3ccccc3)nc12. The summed E-state index contributed by atoms with van der Waals surface area (Å²) in [6, 6.07) is 16.8. The summed E-state index contributed by atoms with van der Waals surface area (Å²) in [6.07, 6.45) is 0. The van der Waals surface area contributed by atoms with Crippen LogP contribution >= 0.6 is 0 Å². The Morgan fingerprint density at radius 1 is 1.00 bits per heavy atom. The predicted molar refractivity (Wildman–Crippen MR) is 112 cm³/mol. The van der Waals surface area contributed by atoms with Gasteiger partial charge in [0.2, 0.25) is 11.7 Å². The van der Waals surface area contributed by atoms with E-state index in [1.165, 1.54) is 10.6 Å². The van der Waals surface area contributed by atoms with Gasteiger partial charge in [-0.05, 0) is 31.9 Å². The Balaban J connectivity index is 1.72. The molecule has 7 heteroatoms. The summed E-state index contributed by atoms with van der Waals surface area (Å²) in [5.41, 5.74) is 3.96. The third kappa shape index (κ3) is 3.54. The molecule has 0 aliphatic carbocycles. The van der Waals surface area contributed by atoms with Crippen LogP contribution in [0.4, 0.5) is 5.69 Å². The first-order valence-corrected chi connectivity index (χ1v) is 9.33. The summed E-state index contributed by atoms with van der Waals surface area (Å²) < 4.78 is 2.94. The van der Waals surface area contributed by atoms with Crippen LogP contribution in [0.15, 0.2) is 59.4 Å². The van der Waals surface area contributed by atoms with Gasteiger partial charge in [0.25, 0.3) is 5.56 Å². The van der Waals surface area contributed by atoms with Gasteiger partial charge in [0, 0.05) is 23.0 Å². The summed E-state index contributed by atoms with van der Waals surface area (Å²) in [4.78, 5) is 29.7. The van der Waals surface area contributed by atoms with Crippen LogP contribution in [0, 0.1) is 20.8 Å². The molecule has 0 fully saturated rings. The van der Waals surface area contributed by atoms with Gasteiger partial charge in [-0.2, -0.15) is 9.50 Å². The molecule has 0 saturated carbocycles. The van der Waals surface area contributed by atoms with Crippen LogP contribution < -0.4 is 10.9 Å². The quantitative estimate of drug-likeness (QED) is 0.583. The van der Waals surface area contributed by atoms with Gasteiger partial charge >= 0.3 is 0 Å². The fourth-order valence-corrected chi connectivity index (χ4v) is 3.34. The second kappa shape index (κ2) is 7.35. The Morgan fingerprint density at radius 2 is 1.69 bits per heavy atom. The lowest BCUT2D eigenvalue weighted by Crippen LogP contribution is -2.26. The maximum atomic E-state index is 12.8. The number of hydrogen-bond donors (Lipinski definition) is 1. The molecule has 4 rings (SSSR count). The molecule has 0 aliphatic heterocycles. The van der Waals surface area contributed by atoms with E-state index in [2.05, 4.69) is 15.4 Å². The van der Waals surface area contributed by atoms with E-state index in [0.717, 1.165) is 22.4 Å². The van der Waals surface area contributed by atoms with Crippen LogP contribution in [0.25, 0.3) is 17.2 Å². The number of aryl methyl sites for hydroxylation is 3. The van der Waals surface area contributed by atoms with Gasteiger partial charge < -0.3 is 9.88 Å². The lowest BCUT2D eigenvalue weighted by molar-refractivity contribution is -0.116. The number of amides is 1. The fraction of sp³-hybridized carbons (Fsp3) is 0.182. The number of para-hydroxylation sites is 1. The minimum absolute atomic E-state index is 0.0241. The first kappa shape index (κ1) is 18.6. The summed E-state index contributed by atoms with van der Waals surface area (Å²) >= 11 is 0. The van der Waals surface area contributed by atoms with Crippen molar-refractivity contribution in [1.82, 2.24) is 19.2 Å². The van der Waals surface area contributed by atoms with E-state index in [0.29, 0.717) is 17.3 Å². The fourth-order valence-electron chi connectivity index (χ4n) is 3.34. The first-order chi connectivity index (χ1) is 13.9. The number of carbonyl (C=O) groups excluding carboxylic acids is 1. The molecule has 0 aliphatic rings.